The van der Waals surface area contributed by atoms with E-state index in [0.29, 0.717) is 18.4 Å². The molecule has 0 radical (unpaired) electrons. The van der Waals surface area contributed by atoms with Crippen LogP contribution in [0.1, 0.15) is 61.3 Å². The van der Waals surface area contributed by atoms with Gasteiger partial charge in [0.25, 0.3) is 0 Å². The van der Waals surface area contributed by atoms with E-state index in [2.05, 4.69) is 73.3 Å². The van der Waals surface area contributed by atoms with Gasteiger partial charge in [0.1, 0.15) is 5.75 Å². The van der Waals surface area contributed by atoms with Gasteiger partial charge >= 0.3 is 0 Å². The third-order valence-electron chi connectivity index (χ3n) is 6.76. The maximum absolute atomic E-state index is 10.2. The zero-order valence-electron chi connectivity index (χ0n) is 20.2. The van der Waals surface area contributed by atoms with Gasteiger partial charge in [-0.3, -0.25) is 0 Å². The van der Waals surface area contributed by atoms with Gasteiger partial charge in [-0.25, -0.2) is 0 Å². The molecule has 1 unspecified atom stereocenters. The van der Waals surface area contributed by atoms with Gasteiger partial charge in [-0.1, -0.05) is 66.7 Å². The molecule has 34 heavy (non-hydrogen) atoms. The summed E-state index contributed by atoms with van der Waals surface area (Å²) in [6.07, 6.45) is 2.66. The first-order valence-corrected chi connectivity index (χ1v) is 12.1. The van der Waals surface area contributed by atoms with Crippen molar-refractivity contribution in [2.75, 3.05) is 19.7 Å². The van der Waals surface area contributed by atoms with Crippen molar-refractivity contribution >= 4 is 23.6 Å². The van der Waals surface area contributed by atoms with Gasteiger partial charge in [-0.2, -0.15) is 0 Å². The normalized spacial score (nSPS) is 16.9. The summed E-state index contributed by atoms with van der Waals surface area (Å²) in [5, 5.41) is 19.8. The topological polar surface area (TPSA) is 43.7 Å². The van der Waals surface area contributed by atoms with Crippen molar-refractivity contribution in [3.63, 3.8) is 0 Å². The van der Waals surface area contributed by atoms with Crippen molar-refractivity contribution in [1.82, 2.24) is 4.90 Å². The third-order valence-corrected chi connectivity index (χ3v) is 6.76. The molecule has 4 rings (SSSR count). The molecular formula is C30H36ClNO2. The quantitative estimate of drug-likeness (QED) is 0.353. The summed E-state index contributed by atoms with van der Waals surface area (Å²) < 4.78 is 0. The van der Waals surface area contributed by atoms with Crippen molar-refractivity contribution in [3.8, 4) is 5.75 Å². The molecule has 1 aliphatic heterocycles. The molecule has 2 N–H and O–H groups in total. The molecule has 4 heteroatoms. The number of hydrogen-bond donors (Lipinski definition) is 2. The van der Waals surface area contributed by atoms with Gasteiger partial charge in [-0.05, 0) is 91.1 Å². The SMILES string of the molecule is CC(C)N1CCC(c2ccc(/C(=C(/CCCO)c3ccccc3)c3cccc(O)c3)cc2)C1.Cl. The molecule has 3 aromatic rings. The lowest BCUT2D eigenvalue weighted by atomic mass is 9.86. The zero-order valence-corrected chi connectivity index (χ0v) is 21.0. The van der Waals surface area contributed by atoms with Crippen LogP contribution in [0.5, 0.6) is 5.75 Å². The molecule has 1 saturated heterocycles. The summed E-state index contributed by atoms with van der Waals surface area (Å²) in [5.41, 5.74) is 6.99. The number of aromatic hydroxyl groups is 1. The number of likely N-dealkylation sites (tertiary alicyclic amines) is 1. The maximum Gasteiger partial charge on any atom is 0.116 e. The van der Waals surface area contributed by atoms with Gasteiger partial charge in [0.2, 0.25) is 0 Å². The Bertz CT molecular complexity index is 1080. The summed E-state index contributed by atoms with van der Waals surface area (Å²) in [7, 11) is 0. The average molecular weight is 478 g/mol. The van der Waals surface area contributed by atoms with Crippen LogP contribution in [0.3, 0.4) is 0 Å². The van der Waals surface area contributed by atoms with Gasteiger partial charge in [0.15, 0.2) is 0 Å². The van der Waals surface area contributed by atoms with Crippen LogP contribution in [0, 0.1) is 0 Å². The molecule has 0 spiro atoms. The lowest BCUT2D eigenvalue weighted by molar-refractivity contribution is 0.272. The number of hydrogen-bond acceptors (Lipinski definition) is 3. The van der Waals surface area contributed by atoms with Crippen molar-refractivity contribution in [2.45, 2.75) is 45.1 Å². The van der Waals surface area contributed by atoms with E-state index in [4.69, 9.17) is 0 Å². The molecule has 0 amide bonds. The standard InChI is InChI=1S/C30H35NO2.ClH/c1-22(2)31-18-17-27(21-31)23-13-15-25(16-14-23)30(26-10-6-11-28(33)20-26)29(12-7-19-32)24-8-4-3-5-9-24;/h3-6,8-11,13-16,20,22,27,32-33H,7,12,17-19,21H2,1-2H3;1H/b30-29+;. The second-order valence-electron chi connectivity index (χ2n) is 9.29. The van der Waals surface area contributed by atoms with E-state index in [0.717, 1.165) is 41.8 Å². The van der Waals surface area contributed by atoms with Gasteiger partial charge in [0, 0.05) is 19.2 Å². The molecular weight excluding hydrogens is 442 g/mol. The van der Waals surface area contributed by atoms with E-state index in [1.807, 2.05) is 18.2 Å². The molecule has 1 heterocycles. The molecule has 0 saturated carbocycles. The summed E-state index contributed by atoms with van der Waals surface area (Å²) >= 11 is 0. The average Bonchev–Trinajstić information content (AvgIpc) is 3.33. The first-order valence-electron chi connectivity index (χ1n) is 12.1. The Kier molecular flexibility index (Phi) is 9.35. The number of halogens is 1. The van der Waals surface area contributed by atoms with Crippen LogP contribution < -0.4 is 0 Å². The summed E-state index contributed by atoms with van der Waals surface area (Å²) in [5.74, 6) is 0.841. The summed E-state index contributed by atoms with van der Waals surface area (Å²) in [6.45, 7) is 6.98. The van der Waals surface area contributed by atoms with Gasteiger partial charge in [0.05, 0.1) is 0 Å². The van der Waals surface area contributed by atoms with Crippen LogP contribution in [0.15, 0.2) is 78.9 Å². The van der Waals surface area contributed by atoms with Crippen LogP contribution in [0.25, 0.3) is 11.1 Å². The highest BCUT2D eigenvalue weighted by Crippen LogP contribution is 2.37. The Morgan fingerprint density at radius 1 is 0.912 bits per heavy atom. The highest BCUT2D eigenvalue weighted by molar-refractivity contribution is 5.98. The predicted molar refractivity (Wildman–Crippen MR) is 145 cm³/mol. The van der Waals surface area contributed by atoms with Gasteiger partial charge < -0.3 is 15.1 Å². The molecule has 0 bridgehead atoms. The number of rotatable bonds is 8. The lowest BCUT2D eigenvalue weighted by Crippen LogP contribution is -2.27. The molecule has 1 aliphatic rings. The van der Waals surface area contributed by atoms with Crippen molar-refractivity contribution < 1.29 is 10.2 Å². The number of phenolic OH excluding ortho intramolecular Hbond substituents is 1. The van der Waals surface area contributed by atoms with Crippen LogP contribution >= 0.6 is 12.4 Å². The smallest absolute Gasteiger partial charge is 0.116 e. The monoisotopic (exact) mass is 477 g/mol. The third kappa shape index (κ3) is 6.09. The van der Waals surface area contributed by atoms with E-state index in [9.17, 15) is 10.2 Å². The highest BCUT2D eigenvalue weighted by Gasteiger charge is 2.25. The van der Waals surface area contributed by atoms with E-state index in [1.54, 1.807) is 6.07 Å². The van der Waals surface area contributed by atoms with Gasteiger partial charge in [-0.15, -0.1) is 12.4 Å². The minimum Gasteiger partial charge on any atom is -0.508 e. The largest absolute Gasteiger partial charge is 0.508 e. The fourth-order valence-corrected chi connectivity index (χ4v) is 4.94. The Morgan fingerprint density at radius 2 is 1.62 bits per heavy atom. The number of aliphatic hydroxyl groups excluding tert-OH is 1. The van der Waals surface area contributed by atoms with E-state index in [1.165, 1.54) is 17.6 Å². The van der Waals surface area contributed by atoms with Crippen LogP contribution in [0.2, 0.25) is 0 Å². The molecule has 180 valence electrons. The van der Waals surface area contributed by atoms with Crippen molar-refractivity contribution in [3.05, 3.63) is 101 Å². The fourth-order valence-electron chi connectivity index (χ4n) is 4.94. The van der Waals surface area contributed by atoms with Crippen molar-refractivity contribution in [2.24, 2.45) is 0 Å². The first kappa shape index (κ1) is 26.0. The van der Waals surface area contributed by atoms with Crippen LogP contribution in [-0.4, -0.2) is 40.9 Å². The van der Waals surface area contributed by atoms with Crippen LogP contribution in [-0.2, 0) is 0 Å². The number of phenols is 1. The van der Waals surface area contributed by atoms with E-state index < -0.39 is 0 Å². The minimum atomic E-state index is 0. The molecule has 1 atom stereocenters. The molecule has 0 aromatic heterocycles. The Labute approximate surface area is 210 Å². The second kappa shape index (κ2) is 12.2. The Morgan fingerprint density at radius 3 is 2.24 bits per heavy atom. The molecule has 0 aliphatic carbocycles. The summed E-state index contributed by atoms with van der Waals surface area (Å²) in [4.78, 5) is 2.55. The minimum absolute atomic E-state index is 0. The number of aliphatic hydroxyl groups is 1. The van der Waals surface area contributed by atoms with E-state index >= 15 is 0 Å². The summed E-state index contributed by atoms with van der Waals surface area (Å²) in [6, 6.07) is 27.5. The number of nitrogens with zero attached hydrogens (tertiary/aromatic N) is 1. The predicted octanol–water partition coefficient (Wildman–Crippen LogP) is 6.74. The lowest BCUT2D eigenvalue weighted by Gasteiger charge is -2.21. The molecule has 3 aromatic carbocycles. The molecule has 3 nitrogen and oxygen atoms in total. The zero-order chi connectivity index (χ0) is 23.2. The fraction of sp³-hybridized carbons (Fsp3) is 0.333. The van der Waals surface area contributed by atoms with Crippen molar-refractivity contribution in [1.29, 1.82) is 0 Å². The number of allylic oxidation sites excluding steroid dienone is 1. The Hall–Kier alpha value is -2.59. The highest BCUT2D eigenvalue weighted by atomic mass is 35.5. The first-order chi connectivity index (χ1) is 16.1. The molecule has 1 fully saturated rings. The maximum atomic E-state index is 10.2. The van der Waals surface area contributed by atoms with E-state index in [-0.39, 0.29) is 24.8 Å². The number of benzene rings is 3. The second-order valence-corrected chi connectivity index (χ2v) is 9.29. The van der Waals surface area contributed by atoms with Crippen LogP contribution in [0.4, 0.5) is 0 Å². The Balaban J connectivity index is 0.00000324.